The topological polar surface area (TPSA) is 83.5 Å². The van der Waals surface area contributed by atoms with Gasteiger partial charge in [0.15, 0.2) is 0 Å². The Morgan fingerprint density at radius 2 is 2.43 bits per heavy atom. The molecule has 0 unspecified atom stereocenters. The Bertz CT molecular complexity index is 72.6. The van der Waals surface area contributed by atoms with E-state index in [-0.39, 0.29) is 0 Å². The molecule has 1 atom stereocenters. The fourth-order valence-corrected chi connectivity index (χ4v) is 0.0781. The summed E-state index contributed by atoms with van der Waals surface area (Å²) in [5, 5.41) is 15.9. The van der Waals surface area contributed by atoms with Gasteiger partial charge in [-0.15, -0.1) is 0 Å². The minimum atomic E-state index is -1.18. The van der Waals surface area contributed by atoms with E-state index in [2.05, 4.69) is 0 Å². The van der Waals surface area contributed by atoms with Crippen molar-refractivity contribution in [3.05, 3.63) is 0 Å². The number of aliphatic hydroxyl groups is 1. The molecule has 0 aromatic heterocycles. The number of carbonyl (C=O) groups is 1. The van der Waals surface area contributed by atoms with E-state index in [0.29, 0.717) is 0 Å². The maximum absolute atomic E-state index is 9.65. The van der Waals surface area contributed by atoms with Crippen molar-refractivity contribution in [1.82, 2.24) is 0 Å². The normalized spacial score (nSPS) is 13.4. The first kappa shape index (κ1) is 6.39. The monoisotopic (exact) mass is 107 g/mol. The predicted molar refractivity (Wildman–Crippen MR) is 22.7 cm³/mol. The molecule has 0 rings (SSSR count). The van der Waals surface area contributed by atoms with Crippen LogP contribution < -0.4 is 5.73 Å². The molecule has 0 aliphatic rings. The minimum absolute atomic E-state index is 0.505. The third-order valence-electron chi connectivity index (χ3n) is 0.514. The van der Waals surface area contributed by atoms with Crippen LogP contribution in [0.25, 0.3) is 0 Å². The first-order valence-electron chi connectivity index (χ1n) is 1.77. The van der Waals surface area contributed by atoms with E-state index in [1.807, 2.05) is 0 Å². The van der Waals surface area contributed by atoms with Gasteiger partial charge in [0.1, 0.15) is 6.04 Å². The lowest BCUT2D eigenvalue weighted by Crippen LogP contribution is -2.33. The number of nitrogens with two attached hydrogens (primary N) is 1. The number of hydrogen-bond donors (Lipinski definition) is 3. The maximum atomic E-state index is 9.65. The summed E-state index contributed by atoms with van der Waals surface area (Å²) in [6.45, 7) is -0.505. The highest BCUT2D eigenvalue weighted by atomic mass is 18.2. The Morgan fingerprint density at radius 1 is 2.00 bits per heavy atom. The molecule has 0 aromatic carbocycles. The number of rotatable bonds is 2. The molecule has 0 saturated heterocycles. The molecular weight excluding hydrogens is 100 g/mol. The van der Waals surface area contributed by atoms with Crippen LogP contribution >= 0.6 is 0 Å². The van der Waals surface area contributed by atoms with Crippen LogP contribution in [0.2, 0.25) is 0 Å². The third-order valence-corrected chi connectivity index (χ3v) is 0.514. The van der Waals surface area contributed by atoms with Crippen molar-refractivity contribution in [3.8, 4) is 0 Å². The van der Waals surface area contributed by atoms with Gasteiger partial charge in [0.2, 0.25) is 0 Å². The summed E-state index contributed by atoms with van der Waals surface area (Å²) in [6.07, 6.45) is 0. The third kappa shape index (κ3) is 2.13. The summed E-state index contributed by atoms with van der Waals surface area (Å²) in [5.41, 5.74) is 4.77. The average Bonchev–Trinajstić information content (AvgIpc) is 1.65. The Morgan fingerprint density at radius 3 is 2.43 bits per heavy atom. The van der Waals surface area contributed by atoms with Gasteiger partial charge in [-0.3, -0.25) is 4.79 Å². The molecular formula is C3H7NO3. The SMILES string of the molecule is N[C@@H](C[18OH])C(=O)O. The van der Waals surface area contributed by atoms with Crippen LogP contribution in [-0.2, 0) is 4.79 Å². The molecule has 4 nitrogen and oxygen atoms in total. The molecule has 0 aliphatic carbocycles. The Hall–Kier alpha value is -0.610. The minimum Gasteiger partial charge on any atom is -0.480 e. The van der Waals surface area contributed by atoms with Crippen LogP contribution in [0.1, 0.15) is 0 Å². The lowest BCUT2D eigenvalue weighted by atomic mass is 10.4. The largest absolute Gasteiger partial charge is 0.480 e. The van der Waals surface area contributed by atoms with Gasteiger partial charge in [-0.05, 0) is 0 Å². The van der Waals surface area contributed by atoms with Crippen molar-refractivity contribution in [2.24, 2.45) is 5.73 Å². The van der Waals surface area contributed by atoms with Gasteiger partial charge in [0, 0.05) is 0 Å². The fourth-order valence-electron chi connectivity index (χ4n) is 0.0781. The Balaban J connectivity index is 3.34. The van der Waals surface area contributed by atoms with Crippen LogP contribution in [0.15, 0.2) is 0 Å². The highest BCUT2D eigenvalue weighted by Crippen LogP contribution is 1.71. The second kappa shape index (κ2) is 2.54. The highest BCUT2D eigenvalue weighted by Gasteiger charge is 2.06. The summed E-state index contributed by atoms with van der Waals surface area (Å²) in [6, 6.07) is -1.13. The van der Waals surface area contributed by atoms with E-state index in [1.165, 1.54) is 0 Å². The number of hydrogen-bond acceptors (Lipinski definition) is 3. The van der Waals surface area contributed by atoms with E-state index in [1.54, 1.807) is 0 Å². The lowest BCUT2D eigenvalue weighted by molar-refractivity contribution is -0.139. The van der Waals surface area contributed by atoms with Crippen molar-refractivity contribution in [3.63, 3.8) is 0 Å². The first-order chi connectivity index (χ1) is 3.18. The zero-order valence-corrected chi connectivity index (χ0v) is 3.66. The molecule has 0 aromatic rings. The van der Waals surface area contributed by atoms with Crippen LogP contribution in [-0.4, -0.2) is 28.8 Å². The standard InChI is InChI=1S/C3H7NO3/c4-2(1-5)3(6)7/h2,5H,1,4H2,(H,6,7)/t2-/m0/s1/i5+2. The number of aliphatic hydroxyl groups excluding tert-OH is 1. The quantitative estimate of drug-likeness (QED) is 0.371. The van der Waals surface area contributed by atoms with Gasteiger partial charge in [0.05, 0.1) is 6.61 Å². The van der Waals surface area contributed by atoms with E-state index in [0.717, 1.165) is 0 Å². The molecule has 42 valence electrons. The summed E-state index contributed by atoms with van der Waals surface area (Å²) < 4.78 is 0. The summed E-state index contributed by atoms with van der Waals surface area (Å²) in [4.78, 5) is 9.65. The van der Waals surface area contributed by atoms with Crippen molar-refractivity contribution in [2.45, 2.75) is 6.04 Å². The van der Waals surface area contributed by atoms with Crippen molar-refractivity contribution in [1.29, 1.82) is 0 Å². The number of aliphatic carboxylic acids is 1. The number of carboxylic acid groups (broad SMARTS) is 1. The van der Waals surface area contributed by atoms with Crippen LogP contribution in [0.4, 0.5) is 0 Å². The van der Waals surface area contributed by atoms with Crippen molar-refractivity contribution >= 4 is 5.97 Å². The van der Waals surface area contributed by atoms with Gasteiger partial charge in [-0.1, -0.05) is 0 Å². The molecule has 0 radical (unpaired) electrons. The molecule has 0 heterocycles. The van der Waals surface area contributed by atoms with Gasteiger partial charge in [-0.2, -0.15) is 0 Å². The smallest absolute Gasteiger partial charge is 0.322 e. The highest BCUT2D eigenvalue weighted by molar-refractivity contribution is 5.73. The first-order valence-corrected chi connectivity index (χ1v) is 1.77. The molecule has 0 fully saturated rings. The van der Waals surface area contributed by atoms with Crippen molar-refractivity contribution in [2.75, 3.05) is 6.61 Å². The van der Waals surface area contributed by atoms with Gasteiger partial charge in [0.25, 0.3) is 0 Å². The van der Waals surface area contributed by atoms with E-state index in [4.69, 9.17) is 15.9 Å². The van der Waals surface area contributed by atoms with Gasteiger partial charge >= 0.3 is 5.97 Å². The van der Waals surface area contributed by atoms with Crippen LogP contribution in [0, 0.1) is 0 Å². The van der Waals surface area contributed by atoms with E-state index in [9.17, 15) is 4.79 Å². The molecule has 0 aliphatic heterocycles. The molecule has 0 spiro atoms. The maximum Gasteiger partial charge on any atom is 0.322 e. The second-order valence-corrected chi connectivity index (χ2v) is 1.13. The number of carboxylic acids is 1. The summed E-state index contributed by atoms with van der Waals surface area (Å²) >= 11 is 0. The average molecular weight is 107 g/mol. The van der Waals surface area contributed by atoms with Gasteiger partial charge in [-0.25, -0.2) is 0 Å². The second-order valence-electron chi connectivity index (χ2n) is 1.13. The van der Waals surface area contributed by atoms with E-state index >= 15 is 0 Å². The van der Waals surface area contributed by atoms with Crippen LogP contribution in [0.5, 0.6) is 0 Å². The fraction of sp³-hybridized carbons (Fsp3) is 0.667. The molecule has 7 heavy (non-hydrogen) atoms. The van der Waals surface area contributed by atoms with E-state index < -0.39 is 18.6 Å². The lowest BCUT2D eigenvalue weighted by Gasteiger charge is -1.96. The van der Waals surface area contributed by atoms with Crippen LogP contribution in [0.3, 0.4) is 0 Å². The Kier molecular flexibility index (Phi) is 2.32. The molecule has 0 bridgehead atoms. The predicted octanol–water partition coefficient (Wildman–Crippen LogP) is -1.61. The molecule has 0 amide bonds. The van der Waals surface area contributed by atoms with Crippen molar-refractivity contribution < 1.29 is 15.0 Å². The zero-order valence-electron chi connectivity index (χ0n) is 3.66. The summed E-state index contributed by atoms with van der Waals surface area (Å²) in [5.74, 6) is -1.18. The molecule has 4 heteroatoms. The molecule has 0 saturated carbocycles. The Labute approximate surface area is 40.6 Å². The molecule has 4 N–H and O–H groups in total. The zero-order chi connectivity index (χ0) is 5.86. The summed E-state index contributed by atoms with van der Waals surface area (Å²) in [7, 11) is 0. The van der Waals surface area contributed by atoms with Gasteiger partial charge < -0.3 is 15.9 Å².